The van der Waals surface area contributed by atoms with Gasteiger partial charge in [-0.05, 0) is 36.8 Å². The van der Waals surface area contributed by atoms with Crippen LogP contribution in [0.1, 0.15) is 29.8 Å². The highest BCUT2D eigenvalue weighted by Crippen LogP contribution is 2.14. The minimum Gasteiger partial charge on any atom is -0.350 e. The molecule has 0 radical (unpaired) electrons. The van der Waals surface area contributed by atoms with Gasteiger partial charge in [-0.1, -0.05) is 35.9 Å². The minimum absolute atomic E-state index is 0.144. The van der Waals surface area contributed by atoms with Crippen LogP contribution in [-0.4, -0.2) is 23.8 Å². The van der Waals surface area contributed by atoms with Gasteiger partial charge in [-0.3, -0.25) is 14.4 Å². The van der Waals surface area contributed by atoms with Gasteiger partial charge < -0.3 is 16.0 Å². The van der Waals surface area contributed by atoms with E-state index < -0.39 is 11.9 Å². The second-order valence-corrected chi connectivity index (χ2v) is 6.18. The van der Waals surface area contributed by atoms with Crippen molar-refractivity contribution in [1.29, 1.82) is 0 Å². The number of nitrogens with one attached hydrogen (secondary N) is 3. The normalized spacial score (nSPS) is 11.3. The van der Waals surface area contributed by atoms with Crippen LogP contribution in [0.5, 0.6) is 0 Å². The highest BCUT2D eigenvalue weighted by atomic mass is 35.5. The van der Waals surface area contributed by atoms with Crippen LogP contribution in [0.4, 0.5) is 5.69 Å². The average Bonchev–Trinajstić information content (AvgIpc) is 2.60. The summed E-state index contributed by atoms with van der Waals surface area (Å²) in [6, 6.07) is 13.1. The van der Waals surface area contributed by atoms with Crippen LogP contribution in [0.2, 0.25) is 5.02 Å². The summed E-state index contributed by atoms with van der Waals surface area (Å²) in [7, 11) is 0. The molecule has 2 rings (SSSR count). The zero-order valence-corrected chi connectivity index (χ0v) is 15.3. The Morgan fingerprint density at radius 1 is 1.04 bits per heavy atom. The third kappa shape index (κ3) is 5.60. The van der Waals surface area contributed by atoms with Gasteiger partial charge in [0.2, 0.25) is 11.8 Å². The summed E-state index contributed by atoms with van der Waals surface area (Å²) < 4.78 is 0. The number of carbonyl (C=O) groups is 3. The summed E-state index contributed by atoms with van der Waals surface area (Å²) in [5, 5.41) is 8.38. The molecule has 2 aromatic rings. The van der Waals surface area contributed by atoms with Crippen LogP contribution >= 0.6 is 11.6 Å². The second kappa shape index (κ2) is 9.01. The van der Waals surface area contributed by atoms with Gasteiger partial charge in [0.15, 0.2) is 0 Å². The molecule has 0 heterocycles. The number of halogens is 1. The van der Waals surface area contributed by atoms with Crippen molar-refractivity contribution in [2.75, 3.05) is 5.32 Å². The molecule has 1 unspecified atom stereocenters. The zero-order valence-electron chi connectivity index (χ0n) is 14.5. The van der Waals surface area contributed by atoms with E-state index in [1.807, 2.05) is 0 Å². The fourth-order valence-electron chi connectivity index (χ4n) is 2.24. The van der Waals surface area contributed by atoms with Crippen molar-refractivity contribution in [3.63, 3.8) is 0 Å². The first-order valence-electron chi connectivity index (χ1n) is 8.06. The minimum atomic E-state index is -0.711. The Balaban J connectivity index is 1.86. The van der Waals surface area contributed by atoms with Crippen molar-refractivity contribution >= 4 is 35.0 Å². The summed E-state index contributed by atoms with van der Waals surface area (Å²) in [5.41, 5.74) is 1.88. The molecule has 0 saturated heterocycles. The molecule has 0 spiro atoms. The van der Waals surface area contributed by atoms with Crippen molar-refractivity contribution in [1.82, 2.24) is 10.6 Å². The van der Waals surface area contributed by atoms with Gasteiger partial charge in [0.25, 0.3) is 5.91 Å². The van der Waals surface area contributed by atoms with Crippen LogP contribution < -0.4 is 16.0 Å². The van der Waals surface area contributed by atoms with E-state index in [4.69, 9.17) is 11.6 Å². The van der Waals surface area contributed by atoms with E-state index in [2.05, 4.69) is 16.0 Å². The lowest BCUT2D eigenvalue weighted by Gasteiger charge is -2.15. The van der Waals surface area contributed by atoms with Gasteiger partial charge >= 0.3 is 0 Å². The Hall–Kier alpha value is -2.86. The quantitative estimate of drug-likeness (QED) is 0.727. The predicted molar refractivity (Wildman–Crippen MR) is 101 cm³/mol. The lowest BCUT2D eigenvalue weighted by molar-refractivity contribution is -0.122. The fourth-order valence-corrected chi connectivity index (χ4v) is 2.46. The maximum Gasteiger partial charge on any atom is 0.253 e. The van der Waals surface area contributed by atoms with Gasteiger partial charge in [0.1, 0.15) is 6.04 Å². The number of rotatable bonds is 6. The highest BCUT2D eigenvalue weighted by Gasteiger charge is 2.17. The summed E-state index contributed by atoms with van der Waals surface area (Å²) >= 11 is 5.98. The maximum absolute atomic E-state index is 12.2. The molecule has 0 aromatic heterocycles. The monoisotopic (exact) mass is 373 g/mol. The van der Waals surface area contributed by atoms with Crippen LogP contribution in [0.25, 0.3) is 0 Å². The Morgan fingerprint density at radius 2 is 1.69 bits per heavy atom. The van der Waals surface area contributed by atoms with E-state index in [9.17, 15) is 14.4 Å². The summed E-state index contributed by atoms with van der Waals surface area (Å²) in [5.74, 6) is -0.858. The van der Waals surface area contributed by atoms with Crippen molar-refractivity contribution < 1.29 is 14.4 Å². The van der Waals surface area contributed by atoms with Gasteiger partial charge in [-0.2, -0.15) is 0 Å². The van der Waals surface area contributed by atoms with Crippen LogP contribution in [-0.2, 0) is 16.1 Å². The topological polar surface area (TPSA) is 87.3 Å². The molecule has 0 aliphatic heterocycles. The number of hydrogen-bond acceptors (Lipinski definition) is 3. The molecule has 0 bridgehead atoms. The smallest absolute Gasteiger partial charge is 0.253 e. The van der Waals surface area contributed by atoms with Gasteiger partial charge in [0.05, 0.1) is 10.6 Å². The van der Waals surface area contributed by atoms with Crippen molar-refractivity contribution in [2.24, 2.45) is 0 Å². The largest absolute Gasteiger partial charge is 0.350 e. The van der Waals surface area contributed by atoms with Crippen molar-refractivity contribution in [3.05, 3.63) is 64.7 Å². The summed E-state index contributed by atoms with van der Waals surface area (Å²) in [6.45, 7) is 3.35. The molecule has 136 valence electrons. The van der Waals surface area contributed by atoms with E-state index in [-0.39, 0.29) is 11.8 Å². The molecule has 3 N–H and O–H groups in total. The van der Waals surface area contributed by atoms with Crippen molar-refractivity contribution in [2.45, 2.75) is 26.4 Å². The molecule has 7 heteroatoms. The number of amides is 3. The van der Waals surface area contributed by atoms with Gasteiger partial charge in [-0.15, -0.1) is 0 Å². The van der Waals surface area contributed by atoms with E-state index in [1.165, 1.54) is 6.92 Å². The predicted octanol–water partition coefficient (Wildman–Crippen LogP) is 2.73. The molecule has 6 nitrogen and oxygen atoms in total. The molecule has 0 aliphatic carbocycles. The van der Waals surface area contributed by atoms with Gasteiger partial charge in [-0.25, -0.2) is 0 Å². The number of anilines is 1. The maximum atomic E-state index is 12.2. The molecular formula is C19H20ClN3O3. The molecular weight excluding hydrogens is 354 g/mol. The molecule has 0 fully saturated rings. The van der Waals surface area contributed by atoms with Gasteiger partial charge in [0, 0.05) is 19.2 Å². The first kappa shape index (κ1) is 19.5. The average molecular weight is 374 g/mol. The first-order chi connectivity index (χ1) is 12.4. The van der Waals surface area contributed by atoms with Crippen LogP contribution in [0.15, 0.2) is 48.5 Å². The molecule has 2 aromatic carbocycles. The lowest BCUT2D eigenvalue weighted by Crippen LogP contribution is -2.44. The Bertz CT molecular complexity index is 806. The third-order valence-corrected chi connectivity index (χ3v) is 3.93. The Kier molecular flexibility index (Phi) is 6.74. The number of carbonyl (C=O) groups excluding carboxylic acids is 3. The fraction of sp³-hybridized carbons (Fsp3) is 0.211. The van der Waals surface area contributed by atoms with Crippen LogP contribution in [0.3, 0.4) is 0 Å². The Morgan fingerprint density at radius 3 is 2.31 bits per heavy atom. The summed E-state index contributed by atoms with van der Waals surface area (Å²) in [6.07, 6.45) is 0. The molecule has 26 heavy (non-hydrogen) atoms. The Labute approximate surface area is 156 Å². The number of benzene rings is 2. The SMILES string of the molecule is CC(=O)Nc1ccc(CNC(=O)C(C)NC(=O)c2ccccc2Cl)cc1. The van der Waals surface area contributed by atoms with Crippen LogP contribution in [0, 0.1) is 0 Å². The van der Waals surface area contributed by atoms with Crippen molar-refractivity contribution in [3.8, 4) is 0 Å². The zero-order chi connectivity index (χ0) is 19.1. The van der Waals surface area contributed by atoms with E-state index in [0.717, 1.165) is 5.56 Å². The first-order valence-corrected chi connectivity index (χ1v) is 8.44. The summed E-state index contributed by atoms with van der Waals surface area (Å²) in [4.78, 5) is 35.3. The van der Waals surface area contributed by atoms with E-state index in [1.54, 1.807) is 55.5 Å². The van der Waals surface area contributed by atoms with E-state index in [0.29, 0.717) is 22.8 Å². The number of hydrogen-bond donors (Lipinski definition) is 3. The van der Waals surface area contributed by atoms with E-state index >= 15 is 0 Å². The standard InChI is InChI=1S/C19H20ClN3O3/c1-12(22-19(26)16-5-3-4-6-17(16)20)18(25)21-11-14-7-9-15(10-8-14)23-13(2)24/h3-10,12H,11H2,1-2H3,(H,21,25)(H,22,26)(H,23,24). The molecule has 1 atom stereocenters. The molecule has 0 saturated carbocycles. The molecule has 0 aliphatic rings. The lowest BCUT2D eigenvalue weighted by atomic mass is 10.2. The third-order valence-electron chi connectivity index (χ3n) is 3.60. The second-order valence-electron chi connectivity index (χ2n) is 5.77. The highest BCUT2D eigenvalue weighted by molar-refractivity contribution is 6.33. The molecule has 3 amide bonds.